The van der Waals surface area contributed by atoms with Crippen molar-refractivity contribution in [1.82, 2.24) is 10.6 Å². The summed E-state index contributed by atoms with van der Waals surface area (Å²) in [4.78, 5) is 11.8. The number of amides is 1. The number of aliphatic hydroxyl groups is 1. The van der Waals surface area contributed by atoms with Crippen LogP contribution >= 0.6 is 0 Å². The van der Waals surface area contributed by atoms with Crippen molar-refractivity contribution in [2.75, 3.05) is 13.1 Å². The first kappa shape index (κ1) is 14.2. The van der Waals surface area contributed by atoms with Crippen LogP contribution in [0.3, 0.4) is 0 Å². The maximum absolute atomic E-state index is 11.8. The number of hydrogen-bond donors (Lipinski definition) is 3. The quantitative estimate of drug-likeness (QED) is 0.695. The third-order valence-corrected chi connectivity index (χ3v) is 3.18. The van der Waals surface area contributed by atoms with E-state index < -0.39 is 0 Å². The van der Waals surface area contributed by atoms with Crippen molar-refractivity contribution in [1.29, 1.82) is 0 Å². The van der Waals surface area contributed by atoms with Gasteiger partial charge in [-0.25, -0.2) is 0 Å². The molecule has 0 fully saturated rings. The first-order chi connectivity index (χ1) is 9.77. The van der Waals surface area contributed by atoms with Crippen LogP contribution in [0.4, 0.5) is 0 Å². The van der Waals surface area contributed by atoms with E-state index in [-0.39, 0.29) is 17.4 Å². The van der Waals surface area contributed by atoms with Crippen molar-refractivity contribution in [3.8, 4) is 0 Å². The monoisotopic (exact) mass is 272 g/mol. The standard InChI is InChI=1S/C16H20N2O2/c19-14-10-6-12-17-15(14)16(20)18-11-5-4-9-13-7-2-1-3-8-13/h1-3,6-8,10,17,19H,4-5,9,11-12H2,(H,18,20). The molecule has 0 saturated heterocycles. The summed E-state index contributed by atoms with van der Waals surface area (Å²) in [6, 6.07) is 10.3. The average molecular weight is 272 g/mol. The van der Waals surface area contributed by atoms with Crippen LogP contribution in [0.15, 0.2) is 53.9 Å². The largest absolute Gasteiger partial charge is 0.506 e. The average Bonchev–Trinajstić information content (AvgIpc) is 2.48. The van der Waals surface area contributed by atoms with Crippen LogP contribution < -0.4 is 10.6 Å². The van der Waals surface area contributed by atoms with Crippen LogP contribution in [0, 0.1) is 0 Å². The van der Waals surface area contributed by atoms with Gasteiger partial charge in [-0.3, -0.25) is 4.79 Å². The smallest absolute Gasteiger partial charge is 0.271 e. The van der Waals surface area contributed by atoms with Gasteiger partial charge in [-0.05, 0) is 30.9 Å². The Morgan fingerprint density at radius 3 is 2.80 bits per heavy atom. The number of rotatable bonds is 6. The predicted molar refractivity (Wildman–Crippen MR) is 79.2 cm³/mol. The van der Waals surface area contributed by atoms with E-state index >= 15 is 0 Å². The fourth-order valence-electron chi connectivity index (χ4n) is 2.09. The molecule has 20 heavy (non-hydrogen) atoms. The molecule has 1 aliphatic heterocycles. The molecule has 1 aliphatic rings. The van der Waals surface area contributed by atoms with Gasteiger partial charge in [-0.15, -0.1) is 0 Å². The molecule has 0 saturated carbocycles. The summed E-state index contributed by atoms with van der Waals surface area (Å²) < 4.78 is 0. The van der Waals surface area contributed by atoms with Crippen molar-refractivity contribution >= 4 is 5.91 Å². The number of hydrogen-bond acceptors (Lipinski definition) is 3. The number of aliphatic hydroxyl groups excluding tert-OH is 1. The first-order valence-corrected chi connectivity index (χ1v) is 6.93. The SMILES string of the molecule is O=C(NCCCCc1ccccc1)C1=C(O)C=CCN1. The molecular weight excluding hydrogens is 252 g/mol. The minimum Gasteiger partial charge on any atom is -0.506 e. The second kappa shape index (κ2) is 7.38. The molecule has 1 aromatic carbocycles. The van der Waals surface area contributed by atoms with Crippen molar-refractivity contribution in [2.24, 2.45) is 0 Å². The molecule has 106 valence electrons. The summed E-state index contributed by atoms with van der Waals surface area (Å²) in [6.45, 7) is 1.19. The Bertz CT molecular complexity index is 506. The molecule has 0 radical (unpaired) electrons. The number of carbonyl (C=O) groups excluding carboxylic acids is 1. The Hall–Kier alpha value is -2.23. The second-order valence-corrected chi connectivity index (χ2v) is 4.74. The summed E-state index contributed by atoms with van der Waals surface area (Å²) in [5.74, 6) is -0.246. The Morgan fingerprint density at radius 2 is 2.05 bits per heavy atom. The molecule has 3 N–H and O–H groups in total. The van der Waals surface area contributed by atoms with Crippen molar-refractivity contribution < 1.29 is 9.90 Å². The van der Waals surface area contributed by atoms with Crippen LogP contribution in [0.1, 0.15) is 18.4 Å². The molecule has 0 spiro atoms. The number of carbonyl (C=O) groups is 1. The zero-order valence-electron chi connectivity index (χ0n) is 11.4. The molecule has 2 rings (SSSR count). The van der Waals surface area contributed by atoms with E-state index in [4.69, 9.17) is 0 Å². The van der Waals surface area contributed by atoms with Gasteiger partial charge < -0.3 is 15.7 Å². The van der Waals surface area contributed by atoms with Crippen LogP contribution in [-0.2, 0) is 11.2 Å². The molecule has 1 amide bonds. The summed E-state index contributed by atoms with van der Waals surface area (Å²) in [7, 11) is 0. The number of aryl methyl sites for hydroxylation is 1. The number of allylic oxidation sites excluding steroid dienone is 1. The van der Waals surface area contributed by atoms with E-state index in [2.05, 4.69) is 22.8 Å². The minimum atomic E-state index is -0.244. The highest BCUT2D eigenvalue weighted by molar-refractivity contribution is 5.93. The molecule has 4 nitrogen and oxygen atoms in total. The summed E-state index contributed by atoms with van der Waals surface area (Å²) in [5.41, 5.74) is 1.58. The Kier molecular flexibility index (Phi) is 5.24. The van der Waals surface area contributed by atoms with Gasteiger partial charge in [0.1, 0.15) is 11.5 Å². The number of benzene rings is 1. The van der Waals surface area contributed by atoms with Gasteiger partial charge in [0.2, 0.25) is 0 Å². The van der Waals surface area contributed by atoms with Gasteiger partial charge in [0, 0.05) is 13.1 Å². The Balaban J connectivity index is 1.66. The highest BCUT2D eigenvalue weighted by Gasteiger charge is 2.14. The number of dihydropyridines is 1. The summed E-state index contributed by atoms with van der Waals surface area (Å²) in [6.07, 6.45) is 6.28. The zero-order valence-corrected chi connectivity index (χ0v) is 11.4. The fraction of sp³-hybridized carbons (Fsp3) is 0.312. The number of unbranched alkanes of at least 4 members (excludes halogenated alkanes) is 1. The highest BCUT2D eigenvalue weighted by atomic mass is 16.3. The maximum Gasteiger partial charge on any atom is 0.271 e. The molecule has 0 bridgehead atoms. The lowest BCUT2D eigenvalue weighted by Gasteiger charge is -2.14. The molecule has 0 atom stereocenters. The molecule has 0 unspecified atom stereocenters. The lowest BCUT2D eigenvalue weighted by atomic mass is 10.1. The lowest BCUT2D eigenvalue weighted by Crippen LogP contribution is -2.34. The van der Waals surface area contributed by atoms with Gasteiger partial charge >= 0.3 is 0 Å². The Labute approximate surface area is 119 Å². The van der Waals surface area contributed by atoms with Crippen molar-refractivity contribution in [3.63, 3.8) is 0 Å². The van der Waals surface area contributed by atoms with E-state index in [0.29, 0.717) is 13.1 Å². The normalized spacial score (nSPS) is 14.0. The molecule has 1 heterocycles. The van der Waals surface area contributed by atoms with Crippen LogP contribution in [0.2, 0.25) is 0 Å². The third kappa shape index (κ3) is 4.16. The zero-order chi connectivity index (χ0) is 14.2. The van der Waals surface area contributed by atoms with Gasteiger partial charge in [-0.1, -0.05) is 36.4 Å². The van der Waals surface area contributed by atoms with E-state index in [1.165, 1.54) is 5.56 Å². The molecule has 1 aromatic rings. The Morgan fingerprint density at radius 1 is 1.25 bits per heavy atom. The van der Waals surface area contributed by atoms with Gasteiger partial charge in [0.05, 0.1) is 0 Å². The summed E-state index contributed by atoms with van der Waals surface area (Å²) in [5, 5.41) is 15.2. The van der Waals surface area contributed by atoms with E-state index in [0.717, 1.165) is 19.3 Å². The second-order valence-electron chi connectivity index (χ2n) is 4.74. The van der Waals surface area contributed by atoms with Gasteiger partial charge in [0.25, 0.3) is 5.91 Å². The van der Waals surface area contributed by atoms with E-state index in [1.54, 1.807) is 12.2 Å². The first-order valence-electron chi connectivity index (χ1n) is 6.93. The highest BCUT2D eigenvalue weighted by Crippen LogP contribution is 2.06. The van der Waals surface area contributed by atoms with Crippen LogP contribution in [0.25, 0.3) is 0 Å². The van der Waals surface area contributed by atoms with Crippen LogP contribution in [0.5, 0.6) is 0 Å². The van der Waals surface area contributed by atoms with Crippen molar-refractivity contribution in [2.45, 2.75) is 19.3 Å². The minimum absolute atomic E-state index is 0.00182. The lowest BCUT2D eigenvalue weighted by molar-refractivity contribution is -0.118. The van der Waals surface area contributed by atoms with E-state index in [1.807, 2.05) is 18.2 Å². The number of nitrogens with one attached hydrogen (secondary N) is 2. The topological polar surface area (TPSA) is 61.4 Å². The maximum atomic E-state index is 11.8. The van der Waals surface area contributed by atoms with Gasteiger partial charge in [-0.2, -0.15) is 0 Å². The molecule has 0 aromatic heterocycles. The van der Waals surface area contributed by atoms with Gasteiger partial charge in [0.15, 0.2) is 0 Å². The van der Waals surface area contributed by atoms with E-state index in [9.17, 15) is 9.90 Å². The molecule has 4 heteroatoms. The third-order valence-electron chi connectivity index (χ3n) is 3.18. The predicted octanol–water partition coefficient (Wildman–Crippen LogP) is 2.05. The summed E-state index contributed by atoms with van der Waals surface area (Å²) >= 11 is 0. The fourth-order valence-corrected chi connectivity index (χ4v) is 2.09. The van der Waals surface area contributed by atoms with Crippen molar-refractivity contribution in [3.05, 3.63) is 59.5 Å². The molecular formula is C16H20N2O2. The molecule has 0 aliphatic carbocycles. The van der Waals surface area contributed by atoms with Crippen LogP contribution in [-0.4, -0.2) is 24.1 Å².